The Labute approximate surface area is 154 Å². The second-order valence-electron chi connectivity index (χ2n) is 6.54. The van der Waals surface area contributed by atoms with Gasteiger partial charge >= 0.3 is 0 Å². The Balaban J connectivity index is 1.29. The van der Waals surface area contributed by atoms with E-state index in [1.165, 1.54) is 6.26 Å². The first kappa shape index (κ1) is 15.8. The Kier molecular flexibility index (Phi) is 3.56. The molecule has 4 heterocycles. The van der Waals surface area contributed by atoms with Crippen LogP contribution in [0.1, 0.15) is 21.0 Å². The highest BCUT2D eigenvalue weighted by molar-refractivity contribution is 5.99. The molecule has 8 heteroatoms. The molecule has 0 saturated carbocycles. The number of fused-ring (bicyclic) bond motifs is 2. The second-order valence-corrected chi connectivity index (χ2v) is 6.54. The Morgan fingerprint density at radius 2 is 1.63 bits per heavy atom. The number of nitrogens with one attached hydrogen (secondary N) is 1. The molecule has 1 N–H and O–H groups in total. The van der Waals surface area contributed by atoms with Gasteiger partial charge in [0.05, 0.1) is 6.26 Å². The summed E-state index contributed by atoms with van der Waals surface area (Å²) in [5.74, 6) is 1.45. The molecule has 8 nitrogen and oxygen atoms in total. The molecule has 2 amide bonds. The topological polar surface area (TPSA) is 88.0 Å². The van der Waals surface area contributed by atoms with Gasteiger partial charge in [-0.2, -0.15) is 0 Å². The maximum Gasteiger partial charge on any atom is 0.289 e. The molecule has 3 aromatic rings. The monoisotopic (exact) mass is 367 g/mol. The van der Waals surface area contributed by atoms with Crippen LogP contribution in [-0.2, 0) is 0 Å². The lowest BCUT2D eigenvalue weighted by Gasteiger charge is -2.34. The minimum Gasteiger partial charge on any atom is -0.459 e. The molecule has 138 valence electrons. The minimum absolute atomic E-state index is 0.0849. The van der Waals surface area contributed by atoms with Crippen molar-refractivity contribution in [2.75, 3.05) is 33.0 Å². The summed E-state index contributed by atoms with van der Waals surface area (Å²) in [5, 5.41) is 0.897. The van der Waals surface area contributed by atoms with Gasteiger partial charge in [-0.25, -0.2) is 0 Å². The number of rotatable bonds is 2. The number of carbonyl (C=O) groups excluding carboxylic acids is 2. The van der Waals surface area contributed by atoms with Crippen molar-refractivity contribution in [2.24, 2.45) is 0 Å². The molecule has 0 aliphatic carbocycles. The highest BCUT2D eigenvalue weighted by Crippen LogP contribution is 2.36. The molecule has 2 aliphatic rings. The molecule has 0 spiro atoms. The zero-order valence-corrected chi connectivity index (χ0v) is 14.4. The van der Waals surface area contributed by atoms with Gasteiger partial charge in [0.1, 0.15) is 5.69 Å². The highest BCUT2D eigenvalue weighted by atomic mass is 16.7. The largest absolute Gasteiger partial charge is 0.459 e. The summed E-state index contributed by atoms with van der Waals surface area (Å²) in [7, 11) is 0. The average Bonchev–Trinajstić information content (AvgIpc) is 3.44. The fourth-order valence-corrected chi connectivity index (χ4v) is 3.48. The molecule has 27 heavy (non-hydrogen) atoms. The number of nitrogens with zero attached hydrogens (tertiary/aromatic N) is 2. The first-order chi connectivity index (χ1) is 13.2. The molecule has 1 saturated heterocycles. The SMILES string of the molecule is O=C(c1cc2cc3c(cc2[nH]1)OCO3)N1CCN(C(=O)c2ccco2)CC1. The summed E-state index contributed by atoms with van der Waals surface area (Å²) in [6.45, 7) is 2.12. The molecule has 0 unspecified atom stereocenters. The van der Waals surface area contributed by atoms with Gasteiger partial charge < -0.3 is 28.7 Å². The smallest absolute Gasteiger partial charge is 0.289 e. The van der Waals surface area contributed by atoms with Crippen LogP contribution in [0.15, 0.2) is 41.0 Å². The van der Waals surface area contributed by atoms with Crippen LogP contribution in [0, 0.1) is 0 Å². The molecule has 5 rings (SSSR count). The van der Waals surface area contributed by atoms with E-state index >= 15 is 0 Å². The van der Waals surface area contributed by atoms with Gasteiger partial charge in [-0.1, -0.05) is 0 Å². The molecule has 2 aromatic heterocycles. The third kappa shape index (κ3) is 2.69. The third-order valence-electron chi connectivity index (χ3n) is 4.93. The van der Waals surface area contributed by atoms with Crippen molar-refractivity contribution >= 4 is 22.7 Å². The van der Waals surface area contributed by atoms with Crippen LogP contribution in [0.4, 0.5) is 0 Å². The van der Waals surface area contributed by atoms with Crippen molar-refractivity contribution in [1.29, 1.82) is 0 Å². The van der Waals surface area contributed by atoms with Crippen molar-refractivity contribution in [2.45, 2.75) is 0 Å². The van der Waals surface area contributed by atoms with Gasteiger partial charge in [0, 0.05) is 43.1 Å². The normalized spacial score (nSPS) is 16.1. The highest BCUT2D eigenvalue weighted by Gasteiger charge is 2.27. The number of furan rings is 1. The summed E-state index contributed by atoms with van der Waals surface area (Å²) in [4.78, 5) is 31.8. The van der Waals surface area contributed by atoms with Crippen LogP contribution in [0.25, 0.3) is 10.9 Å². The average molecular weight is 367 g/mol. The molecular weight excluding hydrogens is 350 g/mol. The Hall–Kier alpha value is -3.42. The first-order valence-electron chi connectivity index (χ1n) is 8.73. The minimum atomic E-state index is -0.146. The Morgan fingerprint density at radius 3 is 2.33 bits per heavy atom. The number of ether oxygens (including phenoxy) is 2. The molecule has 0 bridgehead atoms. The van der Waals surface area contributed by atoms with Crippen LogP contribution in [-0.4, -0.2) is 59.6 Å². The zero-order valence-electron chi connectivity index (χ0n) is 14.4. The lowest BCUT2D eigenvalue weighted by molar-refractivity contribution is 0.0516. The van der Waals surface area contributed by atoms with E-state index in [9.17, 15) is 9.59 Å². The molecular formula is C19H17N3O5. The van der Waals surface area contributed by atoms with Gasteiger partial charge in [-0.15, -0.1) is 0 Å². The Bertz CT molecular complexity index is 975. The summed E-state index contributed by atoms with van der Waals surface area (Å²) in [6, 6.07) is 8.86. The van der Waals surface area contributed by atoms with E-state index in [1.54, 1.807) is 21.9 Å². The number of hydrogen-bond donors (Lipinski definition) is 1. The van der Waals surface area contributed by atoms with Gasteiger partial charge in [0.15, 0.2) is 17.3 Å². The lowest BCUT2D eigenvalue weighted by atomic mass is 10.2. The summed E-state index contributed by atoms with van der Waals surface area (Å²) < 4.78 is 15.9. The molecule has 0 atom stereocenters. The quantitative estimate of drug-likeness (QED) is 0.749. The first-order valence-corrected chi connectivity index (χ1v) is 8.73. The predicted octanol–water partition coefficient (Wildman–Crippen LogP) is 2.09. The van der Waals surface area contributed by atoms with Crippen LogP contribution < -0.4 is 9.47 Å². The molecule has 2 aliphatic heterocycles. The molecule has 1 aromatic carbocycles. The van der Waals surface area contributed by atoms with Crippen molar-refractivity contribution in [3.8, 4) is 11.5 Å². The number of aromatic amines is 1. The maximum atomic E-state index is 12.8. The van der Waals surface area contributed by atoms with E-state index in [1.807, 2.05) is 18.2 Å². The van der Waals surface area contributed by atoms with Crippen LogP contribution in [0.3, 0.4) is 0 Å². The maximum absolute atomic E-state index is 12.8. The number of amides is 2. The van der Waals surface area contributed by atoms with Gasteiger partial charge in [-0.3, -0.25) is 9.59 Å². The van der Waals surface area contributed by atoms with Gasteiger partial charge in [-0.05, 0) is 24.3 Å². The summed E-state index contributed by atoms with van der Waals surface area (Å²) in [5.41, 5.74) is 1.34. The van der Waals surface area contributed by atoms with E-state index in [2.05, 4.69) is 4.98 Å². The van der Waals surface area contributed by atoms with Crippen molar-refractivity contribution in [3.05, 3.63) is 48.0 Å². The standard InChI is InChI=1S/C19H17N3O5/c23-18(14-8-12-9-16-17(27-11-26-16)10-13(12)20-14)21-3-5-22(6-4-21)19(24)15-2-1-7-25-15/h1-2,7-10,20H,3-6,11H2. The van der Waals surface area contributed by atoms with E-state index in [4.69, 9.17) is 13.9 Å². The van der Waals surface area contributed by atoms with E-state index in [0.717, 1.165) is 10.9 Å². The fraction of sp³-hybridized carbons (Fsp3) is 0.263. The lowest BCUT2D eigenvalue weighted by Crippen LogP contribution is -2.50. The van der Waals surface area contributed by atoms with Crippen molar-refractivity contribution in [3.63, 3.8) is 0 Å². The van der Waals surface area contributed by atoms with Crippen molar-refractivity contribution in [1.82, 2.24) is 14.8 Å². The number of aromatic nitrogens is 1. The van der Waals surface area contributed by atoms with Gasteiger partial charge in [0.25, 0.3) is 11.8 Å². The zero-order chi connectivity index (χ0) is 18.4. The van der Waals surface area contributed by atoms with E-state index < -0.39 is 0 Å². The van der Waals surface area contributed by atoms with E-state index in [-0.39, 0.29) is 18.6 Å². The van der Waals surface area contributed by atoms with Crippen LogP contribution >= 0.6 is 0 Å². The predicted molar refractivity (Wildman–Crippen MR) is 94.9 cm³/mol. The molecule has 1 fully saturated rings. The van der Waals surface area contributed by atoms with Gasteiger partial charge in [0.2, 0.25) is 6.79 Å². The second kappa shape index (κ2) is 6.08. The third-order valence-corrected chi connectivity index (χ3v) is 4.93. The number of hydrogen-bond acceptors (Lipinski definition) is 5. The van der Waals surface area contributed by atoms with Crippen LogP contribution in [0.2, 0.25) is 0 Å². The number of H-pyrrole nitrogens is 1. The van der Waals surface area contributed by atoms with Crippen molar-refractivity contribution < 1.29 is 23.5 Å². The van der Waals surface area contributed by atoms with E-state index in [0.29, 0.717) is 49.1 Å². The fourth-order valence-electron chi connectivity index (χ4n) is 3.48. The number of piperazine rings is 1. The summed E-state index contributed by atoms with van der Waals surface area (Å²) >= 11 is 0. The Morgan fingerprint density at radius 1 is 0.926 bits per heavy atom. The van der Waals surface area contributed by atoms with Crippen LogP contribution in [0.5, 0.6) is 11.5 Å². The summed E-state index contributed by atoms with van der Waals surface area (Å²) in [6.07, 6.45) is 1.48. The number of carbonyl (C=O) groups is 2. The molecule has 0 radical (unpaired) electrons. The number of benzene rings is 1.